The number of hydrogen-bond acceptors (Lipinski definition) is 3. The minimum atomic E-state index is -0.572. The Morgan fingerprint density at radius 3 is 1.89 bits per heavy atom. The van der Waals surface area contributed by atoms with Crippen molar-refractivity contribution in [2.75, 3.05) is 4.90 Å². The number of ether oxygens (including phenoxy) is 1. The fourth-order valence-corrected chi connectivity index (χ4v) is 10.6. The Morgan fingerprint density at radius 1 is 0.407 bits per heavy atom. The Morgan fingerprint density at radius 2 is 1.04 bits per heavy atom. The highest BCUT2D eigenvalue weighted by atomic mass is 32.1. The van der Waals surface area contributed by atoms with Gasteiger partial charge in [-0.3, -0.25) is 0 Å². The predicted molar refractivity (Wildman–Crippen MR) is 226 cm³/mol. The molecule has 3 heteroatoms. The molecule has 0 saturated carbocycles. The van der Waals surface area contributed by atoms with Crippen molar-refractivity contribution in [3.05, 3.63) is 210 Å². The molecule has 0 saturated heterocycles. The molecule has 0 N–H and O–H groups in total. The van der Waals surface area contributed by atoms with E-state index in [0.29, 0.717) is 0 Å². The lowest BCUT2D eigenvalue weighted by atomic mass is 9.58. The molecule has 1 aromatic heterocycles. The normalized spacial score (nSPS) is 13.5. The Hall–Kier alpha value is -6.68. The molecule has 0 radical (unpaired) electrons. The first-order valence-electron chi connectivity index (χ1n) is 18.5. The molecule has 10 aromatic rings. The van der Waals surface area contributed by atoms with Crippen LogP contribution in [0.5, 0.6) is 11.5 Å². The van der Waals surface area contributed by atoms with Crippen LogP contribution in [0.1, 0.15) is 22.3 Å². The first kappa shape index (κ1) is 29.9. The molecule has 2 heterocycles. The van der Waals surface area contributed by atoms with Crippen LogP contribution >= 0.6 is 11.3 Å². The number of hydrogen-bond donors (Lipinski definition) is 0. The van der Waals surface area contributed by atoms with E-state index in [4.69, 9.17) is 4.74 Å². The zero-order chi connectivity index (χ0) is 35.4. The van der Waals surface area contributed by atoms with Gasteiger partial charge >= 0.3 is 0 Å². The highest BCUT2D eigenvalue weighted by Gasteiger charge is 2.49. The summed E-state index contributed by atoms with van der Waals surface area (Å²) in [5.74, 6) is 1.80. The molecule has 252 valence electrons. The van der Waals surface area contributed by atoms with E-state index in [1.54, 1.807) is 0 Å². The lowest BCUT2D eigenvalue weighted by Gasteiger charge is -2.45. The van der Waals surface area contributed by atoms with E-state index in [-0.39, 0.29) is 0 Å². The van der Waals surface area contributed by atoms with Gasteiger partial charge in [-0.15, -0.1) is 11.3 Å². The van der Waals surface area contributed by atoms with Gasteiger partial charge in [-0.05, 0) is 86.9 Å². The summed E-state index contributed by atoms with van der Waals surface area (Å²) in [5.41, 5.74) is 10.2. The number of para-hydroxylation sites is 2. The molecule has 0 amide bonds. The summed E-state index contributed by atoms with van der Waals surface area (Å²) < 4.78 is 9.26. The fraction of sp³-hybridized carbons (Fsp3) is 0.0196. The molecule has 0 atom stereocenters. The van der Waals surface area contributed by atoms with Crippen LogP contribution in [0.25, 0.3) is 52.8 Å². The van der Waals surface area contributed by atoms with Gasteiger partial charge in [0.2, 0.25) is 0 Å². The smallest absolute Gasteiger partial charge is 0.132 e. The van der Waals surface area contributed by atoms with Crippen molar-refractivity contribution in [1.82, 2.24) is 0 Å². The maximum atomic E-state index is 6.67. The van der Waals surface area contributed by atoms with Crippen LogP contribution in [-0.2, 0) is 5.41 Å². The number of rotatable bonds is 3. The molecule has 0 fully saturated rings. The summed E-state index contributed by atoms with van der Waals surface area (Å²) in [6, 6.07) is 69.1. The molecule has 12 rings (SSSR count). The van der Waals surface area contributed by atoms with Gasteiger partial charge in [0, 0.05) is 48.1 Å². The molecular formula is C51H31NOS. The van der Waals surface area contributed by atoms with Gasteiger partial charge in [0.15, 0.2) is 0 Å². The molecule has 2 nitrogen and oxygen atoms in total. The summed E-state index contributed by atoms with van der Waals surface area (Å²) in [5, 5.41) is 7.54. The topological polar surface area (TPSA) is 12.5 Å². The van der Waals surface area contributed by atoms with Crippen molar-refractivity contribution in [2.45, 2.75) is 5.41 Å². The number of benzene rings is 9. The van der Waals surface area contributed by atoms with Gasteiger partial charge in [0.25, 0.3) is 0 Å². The van der Waals surface area contributed by atoms with Crippen molar-refractivity contribution in [1.29, 1.82) is 0 Å². The largest absolute Gasteiger partial charge is 0.457 e. The number of thiophene rings is 1. The third kappa shape index (κ3) is 3.99. The van der Waals surface area contributed by atoms with E-state index in [0.717, 1.165) is 28.6 Å². The van der Waals surface area contributed by atoms with E-state index in [9.17, 15) is 0 Å². The standard InChI is InChI=1S/C51H31NOS/c1-2-13-33-30-34(25-24-32(33)12-1)52(35-26-27-38-37-15-4-10-23-48(37)54-49(38)31-35)45-29-28-39-36-14-3-5-17-41(36)51(44-20-11-16-40(45)50(39)44)42-18-6-8-21-46(42)53-47-22-9-7-19-43(47)51/h1-31H. The van der Waals surface area contributed by atoms with Gasteiger partial charge in [0.05, 0.1) is 11.1 Å². The van der Waals surface area contributed by atoms with Gasteiger partial charge in [-0.25, -0.2) is 0 Å². The second-order valence-electron chi connectivity index (χ2n) is 14.4. The van der Waals surface area contributed by atoms with Crippen molar-refractivity contribution in [3.8, 4) is 22.6 Å². The summed E-state index contributed by atoms with van der Waals surface area (Å²) in [4.78, 5) is 2.47. The Labute approximate surface area is 316 Å². The van der Waals surface area contributed by atoms with Crippen LogP contribution in [0.3, 0.4) is 0 Å². The number of fused-ring (bicyclic) bond motifs is 12. The van der Waals surface area contributed by atoms with E-state index >= 15 is 0 Å². The number of anilines is 3. The summed E-state index contributed by atoms with van der Waals surface area (Å²) in [6.07, 6.45) is 0. The van der Waals surface area contributed by atoms with Crippen molar-refractivity contribution >= 4 is 70.1 Å². The third-order valence-corrected chi connectivity index (χ3v) is 12.8. The molecule has 1 aliphatic carbocycles. The minimum Gasteiger partial charge on any atom is -0.457 e. The first-order chi connectivity index (χ1) is 26.8. The highest BCUT2D eigenvalue weighted by Crippen LogP contribution is 2.62. The van der Waals surface area contributed by atoms with E-state index in [1.807, 2.05) is 11.3 Å². The Bertz CT molecular complexity index is 3130. The van der Waals surface area contributed by atoms with Crippen molar-refractivity contribution < 1.29 is 4.74 Å². The second kappa shape index (κ2) is 11.2. The van der Waals surface area contributed by atoms with Crippen LogP contribution in [-0.4, -0.2) is 0 Å². The number of nitrogens with zero attached hydrogens (tertiary/aromatic N) is 1. The molecule has 9 aromatic carbocycles. The molecule has 54 heavy (non-hydrogen) atoms. The molecular weight excluding hydrogens is 675 g/mol. The maximum absolute atomic E-state index is 6.67. The van der Waals surface area contributed by atoms with Crippen LogP contribution in [0, 0.1) is 0 Å². The third-order valence-electron chi connectivity index (χ3n) is 11.7. The molecule has 1 aliphatic heterocycles. The van der Waals surface area contributed by atoms with Crippen LogP contribution in [0.2, 0.25) is 0 Å². The summed E-state index contributed by atoms with van der Waals surface area (Å²) in [6.45, 7) is 0. The van der Waals surface area contributed by atoms with Gasteiger partial charge in [-0.2, -0.15) is 0 Å². The van der Waals surface area contributed by atoms with Gasteiger partial charge in [0.1, 0.15) is 11.5 Å². The molecule has 0 bridgehead atoms. The van der Waals surface area contributed by atoms with Crippen LogP contribution in [0.15, 0.2) is 188 Å². The second-order valence-corrected chi connectivity index (χ2v) is 15.5. The van der Waals surface area contributed by atoms with Gasteiger partial charge < -0.3 is 9.64 Å². The van der Waals surface area contributed by atoms with E-state index in [1.165, 1.54) is 75.1 Å². The maximum Gasteiger partial charge on any atom is 0.132 e. The summed E-state index contributed by atoms with van der Waals surface area (Å²) in [7, 11) is 0. The minimum absolute atomic E-state index is 0.572. The molecule has 2 aliphatic rings. The average molecular weight is 706 g/mol. The monoisotopic (exact) mass is 705 g/mol. The van der Waals surface area contributed by atoms with E-state index < -0.39 is 5.41 Å². The zero-order valence-corrected chi connectivity index (χ0v) is 30.0. The van der Waals surface area contributed by atoms with Crippen LogP contribution in [0.4, 0.5) is 17.1 Å². The molecule has 0 unspecified atom stereocenters. The summed E-state index contributed by atoms with van der Waals surface area (Å²) >= 11 is 1.86. The lowest BCUT2D eigenvalue weighted by Crippen LogP contribution is -2.36. The Kier molecular flexibility index (Phi) is 6.17. The van der Waals surface area contributed by atoms with E-state index in [2.05, 4.69) is 193 Å². The Balaban J connectivity index is 1.19. The quantitative estimate of drug-likeness (QED) is 0.181. The first-order valence-corrected chi connectivity index (χ1v) is 19.3. The molecule has 1 spiro atoms. The highest BCUT2D eigenvalue weighted by molar-refractivity contribution is 7.25. The van der Waals surface area contributed by atoms with Crippen molar-refractivity contribution in [2.24, 2.45) is 0 Å². The fourth-order valence-electron chi connectivity index (χ4n) is 9.48. The zero-order valence-electron chi connectivity index (χ0n) is 29.2. The lowest BCUT2D eigenvalue weighted by molar-refractivity contribution is 0.435. The van der Waals surface area contributed by atoms with Crippen molar-refractivity contribution in [3.63, 3.8) is 0 Å². The van der Waals surface area contributed by atoms with Crippen LogP contribution < -0.4 is 9.64 Å². The predicted octanol–water partition coefficient (Wildman–Crippen LogP) is 14.3. The SMILES string of the molecule is c1ccc2c(c1)Oc1ccccc1C21c2ccccc2-c2ccc(N(c3ccc4ccccc4c3)c3ccc4c(c3)sc3ccccc34)c3cccc1c23. The average Bonchev–Trinajstić information content (AvgIpc) is 3.61. The van der Waals surface area contributed by atoms with Gasteiger partial charge in [-0.1, -0.05) is 140 Å².